The normalized spacial score (nSPS) is 12.4. The summed E-state index contributed by atoms with van der Waals surface area (Å²) < 4.78 is 17.0. The van der Waals surface area contributed by atoms with Crippen LogP contribution < -0.4 is 0 Å². The average molecular weight is 1060 g/mol. The van der Waals surface area contributed by atoms with Gasteiger partial charge >= 0.3 is 17.9 Å². The van der Waals surface area contributed by atoms with E-state index in [-0.39, 0.29) is 31.1 Å². The lowest BCUT2D eigenvalue weighted by atomic mass is 10.0. The molecule has 1 atom stereocenters. The molecular weight excluding hydrogens is 937 g/mol. The molecule has 0 aliphatic heterocycles. The Morgan fingerprint density at radius 1 is 0.263 bits per heavy atom. The number of hydrogen-bond donors (Lipinski definition) is 0. The zero-order chi connectivity index (χ0) is 55.0. The third-order valence-corrected chi connectivity index (χ3v) is 14.7. The number of esters is 3. The number of carbonyl (C=O) groups is 3. The van der Waals surface area contributed by atoms with E-state index in [0.29, 0.717) is 19.3 Å². The van der Waals surface area contributed by atoms with Crippen molar-refractivity contribution in [2.75, 3.05) is 13.2 Å². The number of rotatable bonds is 61. The second kappa shape index (κ2) is 64.6. The second-order valence-electron chi connectivity index (χ2n) is 22.4. The first-order valence-corrected chi connectivity index (χ1v) is 33.3. The van der Waals surface area contributed by atoms with E-state index in [9.17, 15) is 14.4 Å². The van der Waals surface area contributed by atoms with E-state index in [1.54, 1.807) is 0 Å². The van der Waals surface area contributed by atoms with Gasteiger partial charge in [-0.1, -0.05) is 281 Å². The quantitative estimate of drug-likeness (QED) is 0.0261. The van der Waals surface area contributed by atoms with Crippen LogP contribution in [0.25, 0.3) is 0 Å². The van der Waals surface area contributed by atoms with Gasteiger partial charge in [-0.25, -0.2) is 0 Å². The second-order valence-corrected chi connectivity index (χ2v) is 22.4. The van der Waals surface area contributed by atoms with Crippen molar-refractivity contribution in [1.82, 2.24) is 0 Å². The molecule has 0 rings (SSSR count). The Bertz CT molecular complexity index is 1360. The van der Waals surface area contributed by atoms with Crippen LogP contribution in [0.2, 0.25) is 0 Å². The van der Waals surface area contributed by atoms with E-state index >= 15 is 0 Å². The van der Waals surface area contributed by atoms with E-state index < -0.39 is 6.10 Å². The van der Waals surface area contributed by atoms with Gasteiger partial charge < -0.3 is 14.2 Å². The minimum atomic E-state index is -0.782. The molecule has 0 fully saturated rings. The Balaban J connectivity index is 4.35. The molecule has 0 amide bonds. The summed E-state index contributed by atoms with van der Waals surface area (Å²) in [5.41, 5.74) is 0. The molecule has 442 valence electrons. The van der Waals surface area contributed by atoms with Crippen molar-refractivity contribution in [1.29, 1.82) is 0 Å². The van der Waals surface area contributed by atoms with Crippen LogP contribution >= 0.6 is 0 Å². The monoisotopic (exact) mass is 1060 g/mol. The van der Waals surface area contributed by atoms with Crippen molar-refractivity contribution in [2.45, 2.75) is 354 Å². The minimum Gasteiger partial charge on any atom is -0.462 e. The van der Waals surface area contributed by atoms with Crippen LogP contribution in [0.5, 0.6) is 0 Å². The van der Waals surface area contributed by atoms with Crippen molar-refractivity contribution in [3.05, 3.63) is 60.8 Å². The molecule has 76 heavy (non-hydrogen) atoms. The van der Waals surface area contributed by atoms with Crippen LogP contribution in [0, 0.1) is 0 Å². The molecule has 0 aromatic heterocycles. The number of ether oxygens (including phenoxy) is 3. The van der Waals surface area contributed by atoms with E-state index in [0.717, 1.165) is 77.0 Å². The molecule has 0 saturated heterocycles. The molecule has 0 bridgehead atoms. The summed E-state index contributed by atoms with van der Waals surface area (Å²) in [4.78, 5) is 38.4. The maximum Gasteiger partial charge on any atom is 0.306 e. The van der Waals surface area contributed by atoms with E-state index in [4.69, 9.17) is 14.2 Å². The van der Waals surface area contributed by atoms with Crippen LogP contribution in [0.3, 0.4) is 0 Å². The lowest BCUT2D eigenvalue weighted by Crippen LogP contribution is -2.30. The smallest absolute Gasteiger partial charge is 0.306 e. The molecule has 0 radical (unpaired) electrons. The highest BCUT2D eigenvalue weighted by molar-refractivity contribution is 5.71. The maximum absolute atomic E-state index is 12.9. The van der Waals surface area contributed by atoms with Crippen LogP contribution in [0.1, 0.15) is 348 Å². The van der Waals surface area contributed by atoms with Crippen molar-refractivity contribution in [3.8, 4) is 0 Å². The van der Waals surface area contributed by atoms with Crippen molar-refractivity contribution in [3.63, 3.8) is 0 Å². The van der Waals surface area contributed by atoms with Crippen molar-refractivity contribution < 1.29 is 28.6 Å². The molecule has 1 unspecified atom stereocenters. The molecule has 6 nitrogen and oxygen atoms in total. The molecule has 0 aliphatic rings. The van der Waals surface area contributed by atoms with Gasteiger partial charge in [0.2, 0.25) is 0 Å². The Kier molecular flexibility index (Phi) is 62.2. The SMILES string of the molecule is CCCCCC/C=C\C/C=C\CCCCCCCCCC(=O)OC(COC(=O)CCCCCCCCC/C=C\CCCCCCCC)COC(=O)CCCCCCCCCCCCC/C=C\C/C=C\CCCCCCC. The first-order chi connectivity index (χ1) is 37.5. The van der Waals surface area contributed by atoms with Gasteiger partial charge in [0, 0.05) is 19.3 Å². The molecule has 0 heterocycles. The predicted molar refractivity (Wildman–Crippen MR) is 330 cm³/mol. The molecule has 0 aromatic rings. The van der Waals surface area contributed by atoms with Gasteiger partial charge in [0.05, 0.1) is 0 Å². The summed E-state index contributed by atoms with van der Waals surface area (Å²) >= 11 is 0. The fourth-order valence-corrected chi connectivity index (χ4v) is 9.68. The highest BCUT2D eigenvalue weighted by atomic mass is 16.6. The van der Waals surface area contributed by atoms with E-state index in [1.807, 2.05) is 0 Å². The largest absolute Gasteiger partial charge is 0.462 e. The Labute approximate surface area is 472 Å². The topological polar surface area (TPSA) is 78.9 Å². The van der Waals surface area contributed by atoms with Crippen molar-refractivity contribution in [2.24, 2.45) is 0 Å². The average Bonchev–Trinajstić information content (AvgIpc) is 3.42. The van der Waals surface area contributed by atoms with Gasteiger partial charge in [-0.3, -0.25) is 14.4 Å². The van der Waals surface area contributed by atoms with Gasteiger partial charge in [-0.15, -0.1) is 0 Å². The molecule has 0 N–H and O–H groups in total. The summed E-state index contributed by atoms with van der Waals surface area (Å²) in [5, 5.41) is 0. The molecule has 0 aliphatic carbocycles. The molecular formula is C70H126O6. The summed E-state index contributed by atoms with van der Waals surface area (Å²) in [6.45, 7) is 6.65. The fraction of sp³-hybridized carbons (Fsp3) is 0.814. The molecule has 0 saturated carbocycles. The van der Waals surface area contributed by atoms with Crippen LogP contribution in [-0.4, -0.2) is 37.2 Å². The maximum atomic E-state index is 12.9. The lowest BCUT2D eigenvalue weighted by molar-refractivity contribution is -0.167. The minimum absolute atomic E-state index is 0.0779. The highest BCUT2D eigenvalue weighted by Crippen LogP contribution is 2.17. The lowest BCUT2D eigenvalue weighted by Gasteiger charge is -2.18. The first-order valence-electron chi connectivity index (χ1n) is 33.3. The number of hydrogen-bond acceptors (Lipinski definition) is 6. The Morgan fingerprint density at radius 2 is 0.474 bits per heavy atom. The third-order valence-electron chi connectivity index (χ3n) is 14.7. The van der Waals surface area contributed by atoms with Gasteiger partial charge in [-0.2, -0.15) is 0 Å². The fourth-order valence-electron chi connectivity index (χ4n) is 9.68. The summed E-state index contributed by atoms with van der Waals surface area (Å²) in [5.74, 6) is -0.873. The molecule has 0 spiro atoms. The third kappa shape index (κ3) is 62.0. The van der Waals surface area contributed by atoms with Crippen molar-refractivity contribution >= 4 is 17.9 Å². The molecule has 6 heteroatoms. The molecule has 0 aromatic carbocycles. The van der Waals surface area contributed by atoms with Crippen LogP contribution in [-0.2, 0) is 28.6 Å². The Morgan fingerprint density at radius 3 is 0.750 bits per heavy atom. The number of unbranched alkanes of at least 4 members (excludes halogenated alkanes) is 40. The van der Waals surface area contributed by atoms with Gasteiger partial charge in [0.1, 0.15) is 13.2 Å². The van der Waals surface area contributed by atoms with Crippen LogP contribution in [0.4, 0.5) is 0 Å². The highest BCUT2D eigenvalue weighted by Gasteiger charge is 2.19. The van der Waals surface area contributed by atoms with Gasteiger partial charge in [0.15, 0.2) is 6.10 Å². The van der Waals surface area contributed by atoms with E-state index in [1.165, 1.54) is 231 Å². The summed E-state index contributed by atoms with van der Waals surface area (Å²) in [7, 11) is 0. The predicted octanol–water partition coefficient (Wildman–Crippen LogP) is 22.7. The Hall–Kier alpha value is -2.89. The summed E-state index contributed by atoms with van der Waals surface area (Å²) in [6.07, 6.45) is 82.2. The zero-order valence-electron chi connectivity index (χ0n) is 50.8. The number of allylic oxidation sites excluding steroid dienone is 10. The zero-order valence-corrected chi connectivity index (χ0v) is 50.8. The summed E-state index contributed by atoms with van der Waals surface area (Å²) in [6, 6.07) is 0. The van der Waals surface area contributed by atoms with Gasteiger partial charge in [0.25, 0.3) is 0 Å². The van der Waals surface area contributed by atoms with Crippen LogP contribution in [0.15, 0.2) is 60.8 Å². The van der Waals surface area contributed by atoms with Gasteiger partial charge in [-0.05, 0) is 109 Å². The standard InChI is InChI=1S/C70H126O6/c1-4-7-10-13-16-19-22-25-28-31-33-34-35-36-37-40-42-45-48-51-54-57-60-63-69(72)75-66-67(65-74-68(71)62-59-56-53-50-47-44-41-38-30-27-24-21-18-15-12-9-6-3)76-70(73)64-61-58-55-52-49-46-43-39-32-29-26-23-20-17-14-11-8-5-2/h20,22-23,25,27,29-33,67H,4-19,21,24,26,28,34-66H2,1-3H3/b23-20-,25-22-,30-27-,32-29-,33-31-. The number of carbonyl (C=O) groups excluding carboxylic acids is 3. The van der Waals surface area contributed by atoms with E-state index in [2.05, 4.69) is 81.5 Å². The first kappa shape index (κ1) is 73.1.